The highest BCUT2D eigenvalue weighted by Gasteiger charge is 2.24. The molecule has 0 aliphatic heterocycles. The van der Waals surface area contributed by atoms with E-state index in [4.69, 9.17) is 5.73 Å². The lowest BCUT2D eigenvalue weighted by Gasteiger charge is -2.24. The number of benzene rings is 1. The van der Waals surface area contributed by atoms with E-state index in [-0.39, 0.29) is 5.41 Å². The molecule has 1 aromatic rings. The molecule has 2 N–H and O–H groups in total. The van der Waals surface area contributed by atoms with E-state index in [0.29, 0.717) is 5.84 Å². The van der Waals surface area contributed by atoms with E-state index in [1.165, 1.54) is 5.56 Å². The van der Waals surface area contributed by atoms with Crippen LogP contribution in [-0.2, 0) is 5.41 Å². The number of amidine groups is 1. The van der Waals surface area contributed by atoms with Crippen molar-refractivity contribution in [2.75, 3.05) is 7.05 Å². The third-order valence-electron chi connectivity index (χ3n) is 2.38. The summed E-state index contributed by atoms with van der Waals surface area (Å²) in [6.07, 6.45) is 0. The van der Waals surface area contributed by atoms with Gasteiger partial charge in [0, 0.05) is 12.5 Å². The van der Waals surface area contributed by atoms with Crippen molar-refractivity contribution in [1.29, 1.82) is 0 Å². The second kappa shape index (κ2) is 3.60. The molecule has 0 radical (unpaired) electrons. The van der Waals surface area contributed by atoms with Crippen LogP contribution in [0.2, 0.25) is 0 Å². The molecule has 0 atom stereocenters. The minimum Gasteiger partial charge on any atom is -0.387 e. The van der Waals surface area contributed by atoms with Crippen LogP contribution in [0.1, 0.15) is 19.4 Å². The van der Waals surface area contributed by atoms with Crippen molar-refractivity contribution < 1.29 is 0 Å². The zero-order valence-corrected chi connectivity index (χ0v) is 8.41. The fourth-order valence-electron chi connectivity index (χ4n) is 1.28. The molecular weight excluding hydrogens is 160 g/mol. The molecule has 2 nitrogen and oxygen atoms in total. The van der Waals surface area contributed by atoms with Gasteiger partial charge in [0.25, 0.3) is 0 Å². The largest absolute Gasteiger partial charge is 0.387 e. The van der Waals surface area contributed by atoms with Gasteiger partial charge >= 0.3 is 0 Å². The van der Waals surface area contributed by atoms with Gasteiger partial charge in [0.05, 0.1) is 0 Å². The van der Waals surface area contributed by atoms with Gasteiger partial charge in [-0.25, -0.2) is 0 Å². The third-order valence-corrected chi connectivity index (χ3v) is 2.38. The number of hydrogen-bond acceptors (Lipinski definition) is 1. The van der Waals surface area contributed by atoms with Gasteiger partial charge in [-0.2, -0.15) is 0 Å². The van der Waals surface area contributed by atoms with Crippen molar-refractivity contribution in [1.82, 2.24) is 0 Å². The van der Waals surface area contributed by atoms with Gasteiger partial charge in [-0.05, 0) is 19.4 Å². The second-order valence-corrected chi connectivity index (χ2v) is 3.60. The van der Waals surface area contributed by atoms with E-state index in [2.05, 4.69) is 31.0 Å². The Bertz CT molecular complexity index is 299. The molecule has 2 heteroatoms. The fourth-order valence-corrected chi connectivity index (χ4v) is 1.28. The quantitative estimate of drug-likeness (QED) is 0.543. The van der Waals surface area contributed by atoms with E-state index in [1.807, 2.05) is 18.2 Å². The summed E-state index contributed by atoms with van der Waals surface area (Å²) in [7, 11) is 1.72. The highest BCUT2D eigenvalue weighted by atomic mass is 14.8. The van der Waals surface area contributed by atoms with Gasteiger partial charge in [0.15, 0.2) is 0 Å². The van der Waals surface area contributed by atoms with Crippen LogP contribution in [0.3, 0.4) is 0 Å². The van der Waals surface area contributed by atoms with Crippen LogP contribution in [0.5, 0.6) is 0 Å². The van der Waals surface area contributed by atoms with Crippen molar-refractivity contribution in [3.63, 3.8) is 0 Å². The maximum atomic E-state index is 5.83. The van der Waals surface area contributed by atoms with Gasteiger partial charge in [-0.15, -0.1) is 0 Å². The second-order valence-electron chi connectivity index (χ2n) is 3.60. The number of aliphatic imine (C=N–C) groups is 1. The molecule has 1 rings (SSSR count). The third kappa shape index (κ3) is 1.89. The van der Waals surface area contributed by atoms with Crippen LogP contribution in [0.25, 0.3) is 0 Å². The number of hydrogen-bond donors (Lipinski definition) is 1. The van der Waals surface area contributed by atoms with Crippen LogP contribution in [0.15, 0.2) is 35.3 Å². The van der Waals surface area contributed by atoms with E-state index in [1.54, 1.807) is 7.05 Å². The smallest absolute Gasteiger partial charge is 0.103 e. The highest BCUT2D eigenvalue weighted by Crippen LogP contribution is 2.22. The SMILES string of the molecule is CN=C(N)C(C)(C)c1ccccc1. The van der Waals surface area contributed by atoms with Gasteiger partial charge in [-0.1, -0.05) is 30.3 Å². The first-order chi connectivity index (χ1) is 6.09. The van der Waals surface area contributed by atoms with Crippen molar-refractivity contribution in [3.8, 4) is 0 Å². The van der Waals surface area contributed by atoms with Crippen LogP contribution in [-0.4, -0.2) is 12.9 Å². The highest BCUT2D eigenvalue weighted by molar-refractivity contribution is 5.90. The first-order valence-electron chi connectivity index (χ1n) is 4.37. The molecule has 0 saturated heterocycles. The van der Waals surface area contributed by atoms with E-state index in [0.717, 1.165) is 0 Å². The summed E-state index contributed by atoms with van der Waals surface area (Å²) >= 11 is 0. The van der Waals surface area contributed by atoms with Crippen LogP contribution in [0, 0.1) is 0 Å². The molecule has 0 aromatic heterocycles. The Labute approximate surface area is 79.5 Å². The van der Waals surface area contributed by atoms with Crippen molar-refractivity contribution in [2.45, 2.75) is 19.3 Å². The molecule has 0 heterocycles. The summed E-state index contributed by atoms with van der Waals surface area (Å²) in [4.78, 5) is 4.03. The number of nitrogens with zero attached hydrogens (tertiary/aromatic N) is 1. The van der Waals surface area contributed by atoms with Crippen molar-refractivity contribution >= 4 is 5.84 Å². The topological polar surface area (TPSA) is 38.4 Å². The van der Waals surface area contributed by atoms with E-state index in [9.17, 15) is 0 Å². The van der Waals surface area contributed by atoms with Gasteiger partial charge in [-0.3, -0.25) is 4.99 Å². The van der Waals surface area contributed by atoms with Gasteiger partial charge in [0.2, 0.25) is 0 Å². The Balaban J connectivity index is 3.08. The monoisotopic (exact) mass is 176 g/mol. The van der Waals surface area contributed by atoms with Gasteiger partial charge < -0.3 is 5.73 Å². The van der Waals surface area contributed by atoms with Crippen LogP contribution < -0.4 is 5.73 Å². The predicted molar refractivity (Wildman–Crippen MR) is 57.0 cm³/mol. The van der Waals surface area contributed by atoms with Crippen molar-refractivity contribution in [2.24, 2.45) is 10.7 Å². The maximum absolute atomic E-state index is 5.83. The molecule has 0 spiro atoms. The Morgan fingerprint density at radius 2 is 1.77 bits per heavy atom. The zero-order valence-electron chi connectivity index (χ0n) is 8.41. The lowest BCUT2D eigenvalue weighted by molar-refractivity contribution is 0.708. The van der Waals surface area contributed by atoms with E-state index >= 15 is 0 Å². The lowest BCUT2D eigenvalue weighted by atomic mass is 9.83. The van der Waals surface area contributed by atoms with Crippen LogP contribution in [0.4, 0.5) is 0 Å². The van der Waals surface area contributed by atoms with Gasteiger partial charge in [0.1, 0.15) is 5.84 Å². The molecular formula is C11H16N2. The molecule has 0 aliphatic carbocycles. The molecule has 70 valence electrons. The summed E-state index contributed by atoms with van der Waals surface area (Å²) in [6.45, 7) is 4.15. The fraction of sp³-hybridized carbons (Fsp3) is 0.364. The lowest BCUT2D eigenvalue weighted by Crippen LogP contribution is -2.35. The first-order valence-corrected chi connectivity index (χ1v) is 4.37. The predicted octanol–water partition coefficient (Wildman–Crippen LogP) is 1.95. The molecule has 0 bridgehead atoms. The van der Waals surface area contributed by atoms with E-state index < -0.39 is 0 Å². The van der Waals surface area contributed by atoms with Crippen LogP contribution >= 0.6 is 0 Å². The summed E-state index contributed by atoms with van der Waals surface area (Å²) < 4.78 is 0. The normalized spacial score (nSPS) is 13.0. The Hall–Kier alpha value is -1.31. The first kappa shape index (κ1) is 9.78. The standard InChI is InChI=1S/C11H16N2/c1-11(2,10(12)13-3)9-7-5-4-6-8-9/h4-8H,1-3H3,(H2,12,13). The number of rotatable bonds is 2. The molecule has 0 amide bonds. The molecule has 0 aliphatic rings. The summed E-state index contributed by atoms with van der Waals surface area (Å²) in [5.74, 6) is 0.665. The average Bonchev–Trinajstić information content (AvgIpc) is 2.18. The molecule has 0 saturated carbocycles. The minimum absolute atomic E-state index is 0.171. The molecule has 1 aromatic carbocycles. The molecule has 0 unspecified atom stereocenters. The maximum Gasteiger partial charge on any atom is 0.103 e. The summed E-state index contributed by atoms with van der Waals surface area (Å²) in [5.41, 5.74) is 6.85. The summed E-state index contributed by atoms with van der Waals surface area (Å²) in [5, 5.41) is 0. The Morgan fingerprint density at radius 1 is 1.23 bits per heavy atom. The Kier molecular flexibility index (Phi) is 2.71. The molecule has 0 fully saturated rings. The number of nitrogens with two attached hydrogens (primary N) is 1. The summed E-state index contributed by atoms with van der Waals surface area (Å²) in [6, 6.07) is 10.2. The van der Waals surface area contributed by atoms with Crippen molar-refractivity contribution in [3.05, 3.63) is 35.9 Å². The Morgan fingerprint density at radius 3 is 2.23 bits per heavy atom. The average molecular weight is 176 g/mol. The minimum atomic E-state index is -0.171. The zero-order chi connectivity index (χ0) is 9.90. The molecule has 13 heavy (non-hydrogen) atoms.